The third kappa shape index (κ3) is 3.67. The summed E-state index contributed by atoms with van der Waals surface area (Å²) in [5, 5.41) is 8.25. The third-order valence-electron chi connectivity index (χ3n) is 4.63. The molecule has 3 aromatic rings. The van der Waals surface area contributed by atoms with Crippen LogP contribution < -0.4 is 4.74 Å². The number of carbonyl (C=O) groups is 1. The highest BCUT2D eigenvalue weighted by atomic mass is 19.1. The molecule has 1 saturated heterocycles. The Morgan fingerprint density at radius 1 is 1.22 bits per heavy atom. The molecule has 7 heteroatoms. The van der Waals surface area contributed by atoms with Gasteiger partial charge in [-0.05, 0) is 36.8 Å². The molecule has 0 N–H and O–H groups in total. The zero-order valence-corrected chi connectivity index (χ0v) is 14.9. The number of para-hydroxylation sites is 1. The Kier molecular flexibility index (Phi) is 4.58. The summed E-state index contributed by atoms with van der Waals surface area (Å²) in [7, 11) is 0. The predicted octanol–water partition coefficient (Wildman–Crippen LogP) is 3.00. The second-order valence-corrected chi connectivity index (χ2v) is 6.62. The standard InChI is InChI=1S/C20H19FN4O2/c1-14-7-8-15(9-19(14)21)20(26)24-11-17(12-24)25-10-16(22-23-25)13-27-18-5-3-2-4-6-18/h2-10,17H,11-13H2,1H3. The van der Waals surface area contributed by atoms with Crippen LogP contribution in [0.2, 0.25) is 0 Å². The topological polar surface area (TPSA) is 60.2 Å². The number of halogens is 1. The SMILES string of the molecule is Cc1ccc(C(=O)N2CC(n3cc(COc4ccccc4)nn3)C2)cc1F. The fourth-order valence-electron chi connectivity index (χ4n) is 2.93. The summed E-state index contributed by atoms with van der Waals surface area (Å²) in [5.74, 6) is 0.243. The average molecular weight is 366 g/mol. The lowest BCUT2D eigenvalue weighted by Crippen LogP contribution is -2.50. The van der Waals surface area contributed by atoms with E-state index in [1.54, 1.807) is 28.6 Å². The first kappa shape index (κ1) is 17.2. The summed E-state index contributed by atoms with van der Waals surface area (Å²) >= 11 is 0. The molecular formula is C20H19FN4O2. The molecule has 0 unspecified atom stereocenters. The highest BCUT2D eigenvalue weighted by Gasteiger charge is 2.33. The van der Waals surface area contributed by atoms with Gasteiger partial charge in [0.25, 0.3) is 5.91 Å². The molecule has 0 aliphatic carbocycles. The van der Waals surface area contributed by atoms with Crippen LogP contribution in [0.4, 0.5) is 4.39 Å². The first-order valence-electron chi connectivity index (χ1n) is 8.74. The van der Waals surface area contributed by atoms with Gasteiger partial charge in [-0.15, -0.1) is 5.10 Å². The summed E-state index contributed by atoms with van der Waals surface area (Å²) < 4.78 is 21.1. The van der Waals surface area contributed by atoms with Crippen molar-refractivity contribution in [2.75, 3.05) is 13.1 Å². The van der Waals surface area contributed by atoms with E-state index in [1.807, 2.05) is 36.5 Å². The lowest BCUT2D eigenvalue weighted by molar-refractivity contribution is 0.0498. The molecule has 1 aliphatic heterocycles. The number of aryl methyl sites for hydroxylation is 1. The molecule has 6 nitrogen and oxygen atoms in total. The normalized spacial score (nSPS) is 14.1. The highest BCUT2D eigenvalue weighted by Crippen LogP contribution is 2.23. The summed E-state index contributed by atoms with van der Waals surface area (Å²) in [5.41, 5.74) is 1.62. The number of nitrogens with zero attached hydrogens (tertiary/aromatic N) is 4. The van der Waals surface area contributed by atoms with Gasteiger partial charge in [-0.2, -0.15) is 0 Å². The van der Waals surface area contributed by atoms with E-state index in [-0.39, 0.29) is 17.8 Å². The van der Waals surface area contributed by atoms with Crippen molar-refractivity contribution >= 4 is 5.91 Å². The molecule has 1 aromatic heterocycles. The van der Waals surface area contributed by atoms with E-state index >= 15 is 0 Å². The minimum Gasteiger partial charge on any atom is -0.487 e. The van der Waals surface area contributed by atoms with Crippen LogP contribution >= 0.6 is 0 Å². The first-order chi connectivity index (χ1) is 13.1. The number of rotatable bonds is 5. The number of hydrogen-bond acceptors (Lipinski definition) is 4. The fraction of sp³-hybridized carbons (Fsp3) is 0.250. The highest BCUT2D eigenvalue weighted by molar-refractivity contribution is 5.94. The summed E-state index contributed by atoms with van der Waals surface area (Å²) in [6, 6.07) is 14.2. The van der Waals surface area contributed by atoms with Crippen molar-refractivity contribution in [1.29, 1.82) is 0 Å². The molecule has 0 saturated carbocycles. The maximum atomic E-state index is 13.7. The summed E-state index contributed by atoms with van der Waals surface area (Å²) in [6.45, 7) is 3.06. The quantitative estimate of drug-likeness (QED) is 0.696. The molecule has 0 radical (unpaired) electrons. The van der Waals surface area contributed by atoms with Crippen LogP contribution in [0.1, 0.15) is 27.7 Å². The molecule has 1 amide bonds. The number of aromatic nitrogens is 3. The van der Waals surface area contributed by atoms with Gasteiger partial charge in [-0.1, -0.05) is 29.5 Å². The van der Waals surface area contributed by atoms with Gasteiger partial charge in [0.2, 0.25) is 0 Å². The Labute approximate surface area is 156 Å². The van der Waals surface area contributed by atoms with Gasteiger partial charge >= 0.3 is 0 Å². The van der Waals surface area contributed by atoms with Crippen molar-refractivity contribution in [2.24, 2.45) is 0 Å². The number of ether oxygens (including phenoxy) is 1. The second-order valence-electron chi connectivity index (χ2n) is 6.62. The van der Waals surface area contributed by atoms with Gasteiger partial charge < -0.3 is 9.64 Å². The minimum absolute atomic E-state index is 0.0715. The molecule has 0 bridgehead atoms. The van der Waals surface area contributed by atoms with Crippen molar-refractivity contribution in [2.45, 2.75) is 19.6 Å². The van der Waals surface area contributed by atoms with Crippen molar-refractivity contribution in [1.82, 2.24) is 19.9 Å². The zero-order valence-electron chi connectivity index (χ0n) is 14.9. The van der Waals surface area contributed by atoms with Crippen LogP contribution in [-0.4, -0.2) is 38.9 Å². The lowest BCUT2D eigenvalue weighted by Gasteiger charge is -2.38. The lowest BCUT2D eigenvalue weighted by atomic mass is 10.1. The Bertz CT molecular complexity index is 952. The first-order valence-corrected chi connectivity index (χ1v) is 8.74. The van der Waals surface area contributed by atoms with Crippen LogP contribution in [0.5, 0.6) is 5.75 Å². The van der Waals surface area contributed by atoms with Crippen molar-refractivity contribution in [3.63, 3.8) is 0 Å². The van der Waals surface area contributed by atoms with Crippen molar-refractivity contribution < 1.29 is 13.9 Å². The monoisotopic (exact) mass is 366 g/mol. The number of likely N-dealkylation sites (tertiary alicyclic amines) is 1. The molecule has 1 aliphatic rings. The van der Waals surface area contributed by atoms with Crippen LogP contribution in [0.25, 0.3) is 0 Å². The fourth-order valence-corrected chi connectivity index (χ4v) is 2.93. The Morgan fingerprint density at radius 3 is 2.74 bits per heavy atom. The minimum atomic E-state index is -0.364. The molecule has 4 rings (SSSR count). The van der Waals surface area contributed by atoms with Gasteiger partial charge in [-0.25, -0.2) is 9.07 Å². The van der Waals surface area contributed by atoms with Crippen LogP contribution in [0, 0.1) is 12.7 Å². The van der Waals surface area contributed by atoms with E-state index < -0.39 is 0 Å². The largest absolute Gasteiger partial charge is 0.487 e. The molecule has 1 fully saturated rings. The van der Waals surface area contributed by atoms with Gasteiger partial charge in [0, 0.05) is 18.7 Å². The number of hydrogen-bond donors (Lipinski definition) is 0. The molecule has 2 heterocycles. The maximum Gasteiger partial charge on any atom is 0.254 e. The Balaban J connectivity index is 1.32. The predicted molar refractivity (Wildman–Crippen MR) is 96.9 cm³/mol. The zero-order chi connectivity index (χ0) is 18.8. The third-order valence-corrected chi connectivity index (χ3v) is 4.63. The second kappa shape index (κ2) is 7.19. The van der Waals surface area contributed by atoms with Crippen LogP contribution in [0.3, 0.4) is 0 Å². The van der Waals surface area contributed by atoms with E-state index in [0.717, 1.165) is 11.4 Å². The van der Waals surface area contributed by atoms with Crippen molar-refractivity contribution in [3.05, 3.63) is 77.4 Å². The molecule has 27 heavy (non-hydrogen) atoms. The molecule has 0 atom stereocenters. The van der Waals surface area contributed by atoms with Crippen molar-refractivity contribution in [3.8, 4) is 5.75 Å². The van der Waals surface area contributed by atoms with E-state index in [1.165, 1.54) is 6.07 Å². The number of amides is 1. The van der Waals surface area contributed by atoms with Gasteiger partial charge in [0.15, 0.2) is 0 Å². The molecule has 138 valence electrons. The van der Waals surface area contributed by atoms with Gasteiger partial charge in [0.05, 0.1) is 12.2 Å². The molecule has 2 aromatic carbocycles. The summed E-state index contributed by atoms with van der Waals surface area (Å²) in [4.78, 5) is 14.1. The van der Waals surface area contributed by atoms with E-state index in [2.05, 4.69) is 10.3 Å². The Hall–Kier alpha value is -3.22. The van der Waals surface area contributed by atoms with Gasteiger partial charge in [-0.3, -0.25) is 4.79 Å². The Morgan fingerprint density at radius 2 is 2.00 bits per heavy atom. The van der Waals surface area contributed by atoms with Gasteiger partial charge in [0.1, 0.15) is 23.9 Å². The number of benzene rings is 2. The van der Waals surface area contributed by atoms with Crippen LogP contribution in [0.15, 0.2) is 54.7 Å². The summed E-state index contributed by atoms with van der Waals surface area (Å²) in [6.07, 6.45) is 1.83. The van der Waals surface area contributed by atoms with E-state index in [4.69, 9.17) is 4.74 Å². The van der Waals surface area contributed by atoms with E-state index in [9.17, 15) is 9.18 Å². The number of carbonyl (C=O) groups excluding carboxylic acids is 1. The van der Waals surface area contributed by atoms with E-state index in [0.29, 0.717) is 30.8 Å². The van der Waals surface area contributed by atoms with Crippen LogP contribution in [-0.2, 0) is 6.61 Å². The molecule has 0 spiro atoms. The maximum absolute atomic E-state index is 13.7. The smallest absolute Gasteiger partial charge is 0.254 e. The average Bonchev–Trinajstić information content (AvgIpc) is 3.10. The molecular weight excluding hydrogens is 347 g/mol.